The third-order valence-corrected chi connectivity index (χ3v) is 18.3. The van der Waals surface area contributed by atoms with Crippen LogP contribution < -0.4 is 14.2 Å². The van der Waals surface area contributed by atoms with E-state index in [0.717, 1.165) is 119 Å². The number of likely N-dealkylation sites (tertiary alicyclic amines) is 1. The molecule has 9 rings (SSSR count). The molecule has 7 aliphatic rings. The van der Waals surface area contributed by atoms with Crippen LogP contribution in [0.4, 0.5) is 0 Å². The van der Waals surface area contributed by atoms with Crippen molar-refractivity contribution in [1.82, 2.24) is 19.5 Å². The molecular formula is C50H68N4O9S. The summed E-state index contributed by atoms with van der Waals surface area (Å²) in [7, 11) is -3.96. The number of carbonyl (C=O) groups is 4. The van der Waals surface area contributed by atoms with Crippen molar-refractivity contribution in [1.29, 1.82) is 0 Å². The maximum atomic E-state index is 15.2. The number of piperidine rings is 1. The first-order chi connectivity index (χ1) is 30.8. The van der Waals surface area contributed by atoms with Crippen molar-refractivity contribution in [3.8, 4) is 11.6 Å². The van der Waals surface area contributed by atoms with Gasteiger partial charge >= 0.3 is 5.97 Å². The van der Waals surface area contributed by atoms with Crippen molar-refractivity contribution >= 4 is 44.5 Å². The van der Waals surface area contributed by atoms with Gasteiger partial charge in [-0.25, -0.2) is 13.4 Å². The number of benzene rings is 1. The molecule has 4 aliphatic carbocycles. The largest absolute Gasteiger partial charge is 0.489 e. The summed E-state index contributed by atoms with van der Waals surface area (Å²) < 4.78 is 47.9. The number of nitrogens with one attached hydrogen (secondary N) is 1. The molecule has 0 spiro atoms. The predicted octanol–water partition coefficient (Wildman–Crippen LogP) is 7.23. The maximum Gasteiger partial charge on any atom is 0.306 e. The zero-order valence-corrected chi connectivity index (χ0v) is 38.7. The van der Waals surface area contributed by atoms with Crippen LogP contribution in [-0.4, -0.2) is 102 Å². The lowest BCUT2D eigenvalue weighted by Gasteiger charge is -2.34. The molecule has 64 heavy (non-hydrogen) atoms. The van der Waals surface area contributed by atoms with E-state index in [4.69, 9.17) is 19.2 Å². The van der Waals surface area contributed by atoms with Crippen molar-refractivity contribution < 1.29 is 41.8 Å². The number of esters is 1. The zero-order chi connectivity index (χ0) is 44.8. The molecule has 6 fully saturated rings. The van der Waals surface area contributed by atoms with Crippen molar-refractivity contribution in [3.05, 3.63) is 42.5 Å². The summed E-state index contributed by atoms with van der Waals surface area (Å²) in [4.78, 5) is 67.0. The number of carbonyl (C=O) groups excluding carboxylic acids is 4. The number of rotatable bonds is 11. The lowest BCUT2D eigenvalue weighted by molar-refractivity contribution is -0.153. The molecule has 13 nitrogen and oxygen atoms in total. The molecule has 2 amide bonds. The number of ketones is 1. The molecule has 2 bridgehead atoms. The number of amides is 2. The average Bonchev–Trinajstić information content (AvgIpc) is 4.25. The second-order valence-electron chi connectivity index (χ2n) is 20.5. The molecule has 14 heteroatoms. The Hall–Kier alpha value is -4.04. The Bertz CT molecular complexity index is 2230. The zero-order valence-electron chi connectivity index (χ0n) is 37.9. The van der Waals surface area contributed by atoms with Gasteiger partial charge in [0.05, 0.1) is 46.2 Å². The minimum absolute atomic E-state index is 0.0343. The summed E-state index contributed by atoms with van der Waals surface area (Å²) in [6, 6.07) is 7.02. The predicted molar refractivity (Wildman–Crippen MR) is 242 cm³/mol. The van der Waals surface area contributed by atoms with E-state index in [9.17, 15) is 22.8 Å². The molecular weight excluding hydrogens is 833 g/mol. The standard InChI is InChI=1S/C50H68N4O9S/c1-4-34-29-50(34,48(58)52-64(59,60)49(3)22-23-49)30-42(55)41-27-36-31-54(41)47(57)39(32-14-8-6-9-15-32)28-44(56)63-43-26-33(43)16-10-7-11-18-38-45(61-35-20-24-53(5-2)25-21-35)37-17-12-13-19-40(37)51-46(38)62-36/h4,12-13,17,19,32-36,39,41,43H,1,5-11,14-16,18,20-31H2,2-3H3,(H,52,58)/t33-,34-,36-,39+,41+,43-,50?/m1/s1. The highest BCUT2D eigenvalue weighted by molar-refractivity contribution is 7.91. The molecule has 1 aromatic carbocycles. The molecule has 1 N–H and O–H groups in total. The number of ether oxygens (including phenoxy) is 3. The van der Waals surface area contributed by atoms with Crippen LogP contribution in [0.15, 0.2) is 36.9 Å². The first-order valence-electron chi connectivity index (χ1n) is 24.5. The van der Waals surface area contributed by atoms with Gasteiger partial charge in [0.25, 0.3) is 0 Å². The van der Waals surface area contributed by atoms with Gasteiger partial charge in [-0.1, -0.05) is 57.2 Å². The summed E-state index contributed by atoms with van der Waals surface area (Å²) in [5.74, 6) is -1.21. The van der Waals surface area contributed by atoms with Gasteiger partial charge in [-0.15, -0.1) is 6.58 Å². The molecule has 0 radical (unpaired) electrons. The van der Waals surface area contributed by atoms with Crippen LogP contribution in [0.1, 0.15) is 135 Å². The molecule has 1 aromatic heterocycles. The van der Waals surface area contributed by atoms with Gasteiger partial charge in [0, 0.05) is 31.3 Å². The normalized spacial score (nSPS) is 31.6. The Kier molecular flexibility index (Phi) is 12.9. The topological polar surface area (TPSA) is 162 Å². The SMILES string of the molecule is C=C[C@@H]1CC1(CC(=O)[C@@H]1C[C@@H]2CN1C(=O)[C@H](C1CCCCC1)CC(=O)O[C@@H]1C[C@H]1CCCCCc1c(nc3ccccc3c1OC1CCN(CC)CC1)O2)C(=O)NS(=O)(=O)C1(C)CC1. The van der Waals surface area contributed by atoms with E-state index in [2.05, 4.69) is 29.2 Å². The number of aromatic nitrogens is 1. The number of hydrogen-bond acceptors (Lipinski definition) is 11. The van der Waals surface area contributed by atoms with Crippen molar-refractivity contribution in [2.75, 3.05) is 26.2 Å². The number of allylic oxidation sites excluding steroid dienone is 1. The molecule has 4 saturated carbocycles. The van der Waals surface area contributed by atoms with E-state index in [1.807, 2.05) is 18.2 Å². The van der Waals surface area contributed by atoms with Crippen molar-refractivity contribution in [3.63, 3.8) is 0 Å². The first-order valence-corrected chi connectivity index (χ1v) is 26.0. The highest BCUT2D eigenvalue weighted by Crippen LogP contribution is 2.57. The lowest BCUT2D eigenvalue weighted by atomic mass is 9.77. The summed E-state index contributed by atoms with van der Waals surface area (Å²) in [5, 5.41) is 0.932. The van der Waals surface area contributed by atoms with Crippen LogP contribution in [0, 0.1) is 29.1 Å². The van der Waals surface area contributed by atoms with Crippen LogP contribution in [0.3, 0.4) is 0 Å². The van der Waals surface area contributed by atoms with Gasteiger partial charge in [-0.3, -0.25) is 23.9 Å². The van der Waals surface area contributed by atoms with Gasteiger partial charge in [0.15, 0.2) is 5.78 Å². The molecule has 4 heterocycles. The van der Waals surface area contributed by atoms with E-state index in [1.165, 1.54) is 0 Å². The fraction of sp³-hybridized carbons (Fsp3) is 0.700. The van der Waals surface area contributed by atoms with Crippen LogP contribution in [0.25, 0.3) is 10.9 Å². The van der Waals surface area contributed by atoms with Gasteiger partial charge < -0.3 is 24.0 Å². The molecule has 2 saturated heterocycles. The molecule has 1 unspecified atom stereocenters. The number of Topliss-reactive ketones (excluding diaryl/α,β-unsaturated/α-hetero) is 1. The Morgan fingerprint density at radius 1 is 0.969 bits per heavy atom. The molecule has 2 aromatic rings. The lowest BCUT2D eigenvalue weighted by Crippen LogP contribution is -2.48. The Morgan fingerprint density at radius 3 is 2.39 bits per heavy atom. The van der Waals surface area contributed by atoms with Gasteiger partial charge in [-0.2, -0.15) is 0 Å². The van der Waals surface area contributed by atoms with Crippen LogP contribution in [-0.2, 0) is 40.4 Å². The Morgan fingerprint density at radius 2 is 1.69 bits per heavy atom. The monoisotopic (exact) mass is 900 g/mol. The third-order valence-electron chi connectivity index (χ3n) is 16.1. The molecule has 348 valence electrons. The minimum atomic E-state index is -3.96. The smallest absolute Gasteiger partial charge is 0.306 e. The fourth-order valence-corrected chi connectivity index (χ4v) is 12.6. The highest BCUT2D eigenvalue weighted by Gasteiger charge is 2.62. The molecule has 3 aliphatic heterocycles. The number of nitrogens with zero attached hydrogens (tertiary/aromatic N) is 3. The number of fused-ring (bicyclic) bond motifs is 5. The van der Waals surface area contributed by atoms with Crippen molar-refractivity contribution in [2.24, 2.45) is 29.1 Å². The van der Waals surface area contributed by atoms with E-state index >= 15 is 4.79 Å². The van der Waals surface area contributed by atoms with Gasteiger partial charge in [0.1, 0.15) is 24.1 Å². The first kappa shape index (κ1) is 45.1. The second kappa shape index (κ2) is 18.3. The maximum absolute atomic E-state index is 15.2. The summed E-state index contributed by atoms with van der Waals surface area (Å²) in [6.45, 7) is 10.8. The fourth-order valence-electron chi connectivity index (χ4n) is 11.3. The van der Waals surface area contributed by atoms with Crippen LogP contribution in [0.2, 0.25) is 0 Å². The number of pyridine rings is 1. The Labute approximate surface area is 378 Å². The van der Waals surface area contributed by atoms with Crippen LogP contribution >= 0.6 is 0 Å². The van der Waals surface area contributed by atoms with E-state index in [0.29, 0.717) is 31.1 Å². The summed E-state index contributed by atoms with van der Waals surface area (Å²) in [5.41, 5.74) is 0.347. The average molecular weight is 901 g/mol. The summed E-state index contributed by atoms with van der Waals surface area (Å²) >= 11 is 0. The van der Waals surface area contributed by atoms with Crippen molar-refractivity contribution in [2.45, 2.75) is 165 Å². The number of hydrogen-bond donors (Lipinski definition) is 1. The van der Waals surface area contributed by atoms with Gasteiger partial charge in [0.2, 0.25) is 27.7 Å². The number of sulfonamides is 1. The second-order valence-corrected chi connectivity index (χ2v) is 22.7. The van der Waals surface area contributed by atoms with Crippen LogP contribution in [0.5, 0.6) is 11.6 Å². The van der Waals surface area contributed by atoms with Gasteiger partial charge in [-0.05, 0) is 114 Å². The number of para-hydroxylation sites is 1. The third kappa shape index (κ3) is 9.33. The molecule has 7 atom stereocenters. The quantitative estimate of drug-likeness (QED) is 0.179. The van der Waals surface area contributed by atoms with E-state index < -0.39 is 50.1 Å². The summed E-state index contributed by atoms with van der Waals surface area (Å²) in [6.07, 6.45) is 13.7. The highest BCUT2D eigenvalue weighted by atomic mass is 32.2. The Balaban J connectivity index is 1.06. The minimum Gasteiger partial charge on any atom is -0.489 e. The van der Waals surface area contributed by atoms with E-state index in [-0.39, 0.29) is 68.0 Å². The van der Waals surface area contributed by atoms with E-state index in [1.54, 1.807) is 17.9 Å².